The van der Waals surface area contributed by atoms with E-state index in [2.05, 4.69) is 26.8 Å². The lowest BCUT2D eigenvalue weighted by molar-refractivity contribution is -0.148. The standard InChI is InChI=1S/C20H34O3/c1-5-6-7-8-9-13-19(16-21)20(22)23-15-14-18(4)12-10-11-17(2)3/h11,14,16,19H,5-10,12-13,15H2,1-4H3. The molecule has 1 atom stereocenters. The topological polar surface area (TPSA) is 43.4 Å². The molecule has 0 saturated heterocycles. The summed E-state index contributed by atoms with van der Waals surface area (Å²) in [7, 11) is 0. The zero-order chi connectivity index (χ0) is 17.5. The fraction of sp³-hybridized carbons (Fsp3) is 0.700. The second-order valence-corrected chi connectivity index (χ2v) is 6.45. The molecule has 0 amide bonds. The molecule has 0 N–H and O–H groups in total. The van der Waals surface area contributed by atoms with Crippen molar-refractivity contribution in [3.8, 4) is 0 Å². The molecule has 0 fully saturated rings. The molecule has 0 aliphatic heterocycles. The van der Waals surface area contributed by atoms with Crippen LogP contribution < -0.4 is 0 Å². The average Bonchev–Trinajstić information content (AvgIpc) is 2.50. The first-order chi connectivity index (χ1) is 11.0. The third-order valence-corrected chi connectivity index (χ3v) is 3.83. The van der Waals surface area contributed by atoms with Crippen LogP contribution in [0.3, 0.4) is 0 Å². The number of esters is 1. The molecule has 132 valence electrons. The van der Waals surface area contributed by atoms with E-state index in [4.69, 9.17) is 4.74 Å². The Kier molecular flexibility index (Phi) is 13.4. The molecule has 1 unspecified atom stereocenters. The van der Waals surface area contributed by atoms with Gasteiger partial charge in [-0.3, -0.25) is 4.79 Å². The molecule has 3 heteroatoms. The molecule has 0 heterocycles. The molecule has 0 saturated carbocycles. The van der Waals surface area contributed by atoms with Crippen LogP contribution in [-0.4, -0.2) is 18.9 Å². The summed E-state index contributed by atoms with van der Waals surface area (Å²) in [6, 6.07) is 0. The van der Waals surface area contributed by atoms with E-state index in [1.807, 2.05) is 13.0 Å². The zero-order valence-corrected chi connectivity index (χ0v) is 15.4. The van der Waals surface area contributed by atoms with Crippen molar-refractivity contribution in [1.82, 2.24) is 0 Å². The number of aldehydes is 1. The molecule has 0 bridgehead atoms. The van der Waals surface area contributed by atoms with Crippen molar-refractivity contribution < 1.29 is 14.3 Å². The molecule has 0 aliphatic rings. The number of ether oxygens (including phenoxy) is 1. The van der Waals surface area contributed by atoms with Crippen LogP contribution in [0.25, 0.3) is 0 Å². The van der Waals surface area contributed by atoms with E-state index in [9.17, 15) is 9.59 Å². The molecule has 0 aromatic heterocycles. The van der Waals surface area contributed by atoms with Crippen LogP contribution in [0.4, 0.5) is 0 Å². The van der Waals surface area contributed by atoms with Crippen molar-refractivity contribution in [3.63, 3.8) is 0 Å². The molecular formula is C20H34O3. The van der Waals surface area contributed by atoms with Gasteiger partial charge in [0.25, 0.3) is 0 Å². The highest BCUT2D eigenvalue weighted by atomic mass is 16.5. The number of carbonyl (C=O) groups is 2. The predicted octanol–water partition coefficient (Wildman–Crippen LogP) is 5.40. The molecule has 23 heavy (non-hydrogen) atoms. The van der Waals surface area contributed by atoms with Gasteiger partial charge in [0, 0.05) is 0 Å². The predicted molar refractivity (Wildman–Crippen MR) is 96.3 cm³/mol. The molecule has 0 radical (unpaired) electrons. The Labute approximate surface area is 142 Å². The summed E-state index contributed by atoms with van der Waals surface area (Å²) >= 11 is 0. The quantitative estimate of drug-likeness (QED) is 0.150. The van der Waals surface area contributed by atoms with Gasteiger partial charge >= 0.3 is 5.97 Å². The van der Waals surface area contributed by atoms with Crippen molar-refractivity contribution in [3.05, 3.63) is 23.3 Å². The maximum atomic E-state index is 11.9. The summed E-state index contributed by atoms with van der Waals surface area (Å²) in [5, 5.41) is 0. The second kappa shape index (κ2) is 14.2. The molecule has 3 nitrogen and oxygen atoms in total. The first-order valence-corrected chi connectivity index (χ1v) is 8.92. The summed E-state index contributed by atoms with van der Waals surface area (Å²) in [6.45, 7) is 8.64. The first kappa shape index (κ1) is 21.6. The Morgan fingerprint density at radius 3 is 2.35 bits per heavy atom. The first-order valence-electron chi connectivity index (χ1n) is 8.92. The fourth-order valence-electron chi connectivity index (χ4n) is 2.27. The van der Waals surface area contributed by atoms with Gasteiger partial charge in [0.05, 0.1) is 0 Å². The Balaban J connectivity index is 3.99. The summed E-state index contributed by atoms with van der Waals surface area (Å²) in [5.41, 5.74) is 2.52. The minimum atomic E-state index is -0.601. The van der Waals surface area contributed by atoms with E-state index in [0.29, 0.717) is 6.42 Å². The van der Waals surface area contributed by atoms with Crippen LogP contribution >= 0.6 is 0 Å². The lowest BCUT2D eigenvalue weighted by atomic mass is 10.0. The average molecular weight is 322 g/mol. The van der Waals surface area contributed by atoms with Crippen LogP contribution in [0.1, 0.15) is 79.1 Å². The SMILES string of the molecule is CCCCCCCC(C=O)C(=O)OCC=C(C)CCC=C(C)C. The third-order valence-electron chi connectivity index (χ3n) is 3.83. The number of allylic oxidation sites excluding steroid dienone is 3. The van der Waals surface area contributed by atoms with E-state index in [-0.39, 0.29) is 12.6 Å². The Morgan fingerprint density at radius 1 is 1.04 bits per heavy atom. The largest absolute Gasteiger partial charge is 0.461 e. The van der Waals surface area contributed by atoms with E-state index in [1.54, 1.807) is 0 Å². The van der Waals surface area contributed by atoms with Gasteiger partial charge in [-0.1, -0.05) is 56.3 Å². The highest BCUT2D eigenvalue weighted by molar-refractivity contribution is 5.87. The van der Waals surface area contributed by atoms with Gasteiger partial charge in [0.15, 0.2) is 0 Å². The van der Waals surface area contributed by atoms with Gasteiger partial charge in [0.1, 0.15) is 18.8 Å². The lowest BCUT2D eigenvalue weighted by Crippen LogP contribution is -2.19. The molecule has 0 aliphatic carbocycles. The Morgan fingerprint density at radius 2 is 1.74 bits per heavy atom. The summed E-state index contributed by atoms with van der Waals surface area (Å²) in [4.78, 5) is 22.9. The number of unbranched alkanes of at least 4 members (excludes halogenated alkanes) is 4. The highest BCUT2D eigenvalue weighted by Crippen LogP contribution is 2.12. The van der Waals surface area contributed by atoms with Crippen LogP contribution in [-0.2, 0) is 14.3 Å². The van der Waals surface area contributed by atoms with Crippen molar-refractivity contribution in [2.24, 2.45) is 5.92 Å². The van der Waals surface area contributed by atoms with Gasteiger partial charge in [-0.15, -0.1) is 0 Å². The van der Waals surface area contributed by atoms with Gasteiger partial charge in [-0.2, -0.15) is 0 Å². The second-order valence-electron chi connectivity index (χ2n) is 6.45. The summed E-state index contributed by atoms with van der Waals surface area (Å²) < 4.78 is 5.21. The third kappa shape index (κ3) is 12.8. The van der Waals surface area contributed by atoms with Crippen molar-refractivity contribution >= 4 is 12.3 Å². The normalized spacial score (nSPS) is 12.6. The van der Waals surface area contributed by atoms with E-state index in [0.717, 1.165) is 32.0 Å². The van der Waals surface area contributed by atoms with E-state index >= 15 is 0 Å². The Hall–Kier alpha value is -1.38. The van der Waals surface area contributed by atoms with Gasteiger partial charge < -0.3 is 9.53 Å². The van der Waals surface area contributed by atoms with Crippen LogP contribution in [0.15, 0.2) is 23.3 Å². The van der Waals surface area contributed by atoms with Crippen LogP contribution in [0.5, 0.6) is 0 Å². The summed E-state index contributed by atoms with van der Waals surface area (Å²) in [5.74, 6) is -0.986. The van der Waals surface area contributed by atoms with Crippen LogP contribution in [0, 0.1) is 5.92 Å². The monoisotopic (exact) mass is 322 g/mol. The lowest BCUT2D eigenvalue weighted by Gasteiger charge is -2.09. The molecule has 0 rings (SSSR count). The van der Waals surface area contributed by atoms with Crippen molar-refractivity contribution in [2.45, 2.75) is 79.1 Å². The molecule has 0 aromatic rings. The zero-order valence-electron chi connectivity index (χ0n) is 15.4. The minimum absolute atomic E-state index is 0.264. The number of hydrogen-bond donors (Lipinski definition) is 0. The smallest absolute Gasteiger partial charge is 0.316 e. The van der Waals surface area contributed by atoms with Gasteiger partial charge in [0.2, 0.25) is 0 Å². The minimum Gasteiger partial charge on any atom is -0.461 e. The van der Waals surface area contributed by atoms with E-state index < -0.39 is 5.92 Å². The number of rotatable bonds is 13. The molecule has 0 spiro atoms. The fourth-order valence-corrected chi connectivity index (χ4v) is 2.27. The van der Waals surface area contributed by atoms with Crippen LogP contribution in [0.2, 0.25) is 0 Å². The maximum absolute atomic E-state index is 11.9. The van der Waals surface area contributed by atoms with Crippen molar-refractivity contribution in [2.75, 3.05) is 6.61 Å². The maximum Gasteiger partial charge on any atom is 0.316 e. The van der Waals surface area contributed by atoms with E-state index in [1.165, 1.54) is 30.4 Å². The van der Waals surface area contributed by atoms with Crippen molar-refractivity contribution in [1.29, 1.82) is 0 Å². The highest BCUT2D eigenvalue weighted by Gasteiger charge is 2.18. The van der Waals surface area contributed by atoms with Gasteiger partial charge in [-0.05, 0) is 46.1 Å². The summed E-state index contributed by atoms with van der Waals surface area (Å²) in [6.07, 6.45) is 13.0. The molecule has 0 aromatic carbocycles. The number of hydrogen-bond acceptors (Lipinski definition) is 3. The molecular weight excluding hydrogens is 288 g/mol. The Bertz CT molecular complexity index is 390. The number of carbonyl (C=O) groups excluding carboxylic acids is 2. The van der Waals surface area contributed by atoms with Gasteiger partial charge in [-0.25, -0.2) is 0 Å².